The Morgan fingerprint density at radius 3 is 3.27 bits per heavy atom. The second kappa shape index (κ2) is 2.82. The average Bonchev–Trinajstić information content (AvgIpc) is 2.06. The molecular formula is C10H15N. The average molecular weight is 149 g/mol. The predicted octanol–water partition coefficient (Wildman–Crippen LogP) is 1.87. The van der Waals surface area contributed by atoms with Crippen LogP contribution in [0, 0.1) is 5.92 Å². The van der Waals surface area contributed by atoms with E-state index in [2.05, 4.69) is 24.4 Å². The molecule has 2 aliphatic rings. The lowest BCUT2D eigenvalue weighted by atomic mass is 9.85. The zero-order valence-corrected chi connectivity index (χ0v) is 7.06. The van der Waals surface area contributed by atoms with Gasteiger partial charge in [-0.3, -0.25) is 0 Å². The van der Waals surface area contributed by atoms with Gasteiger partial charge in [0, 0.05) is 6.54 Å². The maximum absolute atomic E-state index is 3.42. The van der Waals surface area contributed by atoms with E-state index in [0.717, 1.165) is 19.0 Å². The van der Waals surface area contributed by atoms with Gasteiger partial charge in [0.1, 0.15) is 0 Å². The van der Waals surface area contributed by atoms with E-state index in [4.69, 9.17) is 0 Å². The summed E-state index contributed by atoms with van der Waals surface area (Å²) in [6.45, 7) is 4.61. The third-order valence-electron chi connectivity index (χ3n) is 2.70. The van der Waals surface area contributed by atoms with Gasteiger partial charge < -0.3 is 5.32 Å². The minimum atomic E-state index is 0.780. The quantitative estimate of drug-likeness (QED) is 0.554. The molecule has 0 saturated heterocycles. The first kappa shape index (κ1) is 7.11. The number of allylic oxidation sites excluding steroid dienone is 2. The largest absolute Gasteiger partial charge is 0.313 e. The lowest BCUT2D eigenvalue weighted by molar-refractivity contribution is 0.577. The number of rotatable bonds is 0. The molecule has 0 aromatic carbocycles. The molecule has 0 saturated carbocycles. The Labute approximate surface area is 68.2 Å². The van der Waals surface area contributed by atoms with Gasteiger partial charge in [-0.15, -0.1) is 0 Å². The molecule has 2 rings (SSSR count). The van der Waals surface area contributed by atoms with Crippen molar-refractivity contribution < 1.29 is 0 Å². The van der Waals surface area contributed by atoms with Crippen LogP contribution in [0.25, 0.3) is 0 Å². The Morgan fingerprint density at radius 1 is 1.55 bits per heavy atom. The third-order valence-corrected chi connectivity index (χ3v) is 2.70. The van der Waals surface area contributed by atoms with Crippen LogP contribution in [0.5, 0.6) is 0 Å². The summed E-state index contributed by atoms with van der Waals surface area (Å²) in [5.41, 5.74) is 3.25. The van der Waals surface area contributed by atoms with Crippen LogP contribution in [0.4, 0.5) is 0 Å². The number of hydrogen-bond donors (Lipinski definition) is 1. The Kier molecular flexibility index (Phi) is 1.82. The van der Waals surface area contributed by atoms with E-state index in [0.29, 0.717) is 0 Å². The zero-order valence-electron chi connectivity index (χ0n) is 7.06. The summed E-state index contributed by atoms with van der Waals surface area (Å²) in [6, 6.07) is 0. The zero-order chi connectivity index (χ0) is 7.68. The number of nitrogens with one attached hydrogen (secondary N) is 1. The van der Waals surface area contributed by atoms with Crippen LogP contribution in [0.1, 0.15) is 19.8 Å². The maximum atomic E-state index is 3.42. The van der Waals surface area contributed by atoms with Crippen molar-refractivity contribution in [1.82, 2.24) is 5.32 Å². The molecule has 1 atom stereocenters. The van der Waals surface area contributed by atoms with Crippen LogP contribution in [-0.4, -0.2) is 13.1 Å². The monoisotopic (exact) mass is 149 g/mol. The van der Waals surface area contributed by atoms with E-state index in [9.17, 15) is 0 Å². The van der Waals surface area contributed by atoms with Gasteiger partial charge in [0.25, 0.3) is 0 Å². The normalized spacial score (nSPS) is 30.5. The highest BCUT2D eigenvalue weighted by Gasteiger charge is 2.17. The Balaban J connectivity index is 2.27. The van der Waals surface area contributed by atoms with E-state index < -0.39 is 0 Å². The molecule has 1 unspecified atom stereocenters. The second-order valence-corrected chi connectivity index (χ2v) is 3.52. The Bertz CT molecular complexity index is 213. The summed E-state index contributed by atoms with van der Waals surface area (Å²) in [5, 5.41) is 3.42. The lowest BCUT2D eigenvalue weighted by Crippen LogP contribution is -2.28. The van der Waals surface area contributed by atoms with Crippen molar-refractivity contribution in [2.24, 2.45) is 5.92 Å². The van der Waals surface area contributed by atoms with Crippen LogP contribution in [0.3, 0.4) is 0 Å². The van der Waals surface area contributed by atoms with Crippen LogP contribution >= 0.6 is 0 Å². The van der Waals surface area contributed by atoms with E-state index in [1.165, 1.54) is 12.8 Å². The minimum absolute atomic E-state index is 0.780. The topological polar surface area (TPSA) is 12.0 Å². The van der Waals surface area contributed by atoms with Crippen molar-refractivity contribution in [3.05, 3.63) is 23.3 Å². The number of hydrogen-bond acceptors (Lipinski definition) is 1. The molecule has 1 aliphatic carbocycles. The van der Waals surface area contributed by atoms with Crippen LogP contribution in [-0.2, 0) is 0 Å². The fourth-order valence-electron chi connectivity index (χ4n) is 1.96. The third kappa shape index (κ3) is 1.25. The highest BCUT2D eigenvalue weighted by atomic mass is 14.9. The van der Waals surface area contributed by atoms with Crippen molar-refractivity contribution >= 4 is 0 Å². The van der Waals surface area contributed by atoms with Gasteiger partial charge in [0.05, 0.1) is 0 Å². The lowest BCUT2D eigenvalue weighted by Gasteiger charge is -2.26. The van der Waals surface area contributed by atoms with Gasteiger partial charge in [-0.1, -0.05) is 24.6 Å². The summed E-state index contributed by atoms with van der Waals surface area (Å²) in [7, 11) is 0. The molecule has 0 bridgehead atoms. The summed E-state index contributed by atoms with van der Waals surface area (Å²) in [5.74, 6) is 0.780. The molecule has 1 heteroatoms. The standard InChI is InChI=1S/C10H15N/c1-8-3-2-4-9-5-6-11-7-10(8)9/h2,4,8,11H,3,5-7H2,1H3. The summed E-state index contributed by atoms with van der Waals surface area (Å²) >= 11 is 0. The summed E-state index contributed by atoms with van der Waals surface area (Å²) in [6.07, 6.45) is 7.10. The minimum Gasteiger partial charge on any atom is -0.313 e. The molecule has 0 spiro atoms. The molecule has 1 aliphatic heterocycles. The molecule has 0 aromatic heterocycles. The van der Waals surface area contributed by atoms with Gasteiger partial charge in [-0.05, 0) is 30.9 Å². The van der Waals surface area contributed by atoms with Crippen LogP contribution < -0.4 is 5.32 Å². The molecule has 11 heavy (non-hydrogen) atoms. The molecule has 60 valence electrons. The smallest absolute Gasteiger partial charge is 0.0173 e. The van der Waals surface area contributed by atoms with E-state index >= 15 is 0 Å². The van der Waals surface area contributed by atoms with E-state index in [1.54, 1.807) is 11.1 Å². The maximum Gasteiger partial charge on any atom is 0.0173 e. The van der Waals surface area contributed by atoms with E-state index in [1.807, 2.05) is 0 Å². The molecule has 0 radical (unpaired) electrons. The van der Waals surface area contributed by atoms with Gasteiger partial charge in [-0.2, -0.15) is 0 Å². The molecule has 0 amide bonds. The molecular weight excluding hydrogens is 134 g/mol. The summed E-state index contributed by atoms with van der Waals surface area (Å²) in [4.78, 5) is 0. The first-order chi connectivity index (χ1) is 5.38. The van der Waals surface area contributed by atoms with Crippen molar-refractivity contribution in [1.29, 1.82) is 0 Å². The molecule has 0 fully saturated rings. The van der Waals surface area contributed by atoms with Crippen molar-refractivity contribution in [3.8, 4) is 0 Å². The highest BCUT2D eigenvalue weighted by Crippen LogP contribution is 2.27. The second-order valence-electron chi connectivity index (χ2n) is 3.52. The molecule has 1 N–H and O–H groups in total. The van der Waals surface area contributed by atoms with Crippen LogP contribution in [0.15, 0.2) is 23.3 Å². The fourth-order valence-corrected chi connectivity index (χ4v) is 1.96. The predicted molar refractivity (Wildman–Crippen MR) is 47.4 cm³/mol. The fraction of sp³-hybridized carbons (Fsp3) is 0.600. The van der Waals surface area contributed by atoms with Crippen molar-refractivity contribution in [2.45, 2.75) is 19.8 Å². The van der Waals surface area contributed by atoms with Gasteiger partial charge >= 0.3 is 0 Å². The Hall–Kier alpha value is -0.560. The SMILES string of the molecule is CC1CC=CC2=C1CNCC2. The molecule has 1 heterocycles. The first-order valence-electron chi connectivity index (χ1n) is 4.47. The molecule has 1 nitrogen and oxygen atoms in total. The Morgan fingerprint density at radius 2 is 2.45 bits per heavy atom. The van der Waals surface area contributed by atoms with Crippen molar-refractivity contribution in [3.63, 3.8) is 0 Å². The molecule has 0 aromatic rings. The van der Waals surface area contributed by atoms with Gasteiger partial charge in [-0.25, -0.2) is 0 Å². The van der Waals surface area contributed by atoms with Crippen molar-refractivity contribution in [2.75, 3.05) is 13.1 Å². The highest BCUT2D eigenvalue weighted by molar-refractivity contribution is 5.33. The van der Waals surface area contributed by atoms with Gasteiger partial charge in [0.2, 0.25) is 0 Å². The van der Waals surface area contributed by atoms with Crippen LogP contribution in [0.2, 0.25) is 0 Å². The first-order valence-corrected chi connectivity index (χ1v) is 4.47. The van der Waals surface area contributed by atoms with Gasteiger partial charge in [0.15, 0.2) is 0 Å². The summed E-state index contributed by atoms with van der Waals surface area (Å²) < 4.78 is 0. The van der Waals surface area contributed by atoms with E-state index in [-0.39, 0.29) is 0 Å².